The highest BCUT2D eigenvalue weighted by atomic mass is 79.9. The molecule has 2 aromatic rings. The number of thioether (sulfide) groups is 1. The van der Waals surface area contributed by atoms with E-state index in [4.69, 9.17) is 0 Å². The molecule has 2 atom stereocenters. The molecular formula is C14H15BrF4N4S. The van der Waals surface area contributed by atoms with Crippen LogP contribution in [0.15, 0.2) is 28.0 Å². The zero-order chi connectivity index (χ0) is 17.5. The number of nitrogens with zero attached hydrogens (tertiary/aromatic N) is 3. The van der Waals surface area contributed by atoms with Gasteiger partial charge in [0.15, 0.2) is 5.82 Å². The predicted octanol–water partition coefficient (Wildman–Crippen LogP) is 4.16. The van der Waals surface area contributed by atoms with Crippen molar-refractivity contribution < 1.29 is 17.6 Å². The van der Waals surface area contributed by atoms with Gasteiger partial charge in [0.05, 0.1) is 16.0 Å². The van der Waals surface area contributed by atoms with E-state index in [-0.39, 0.29) is 16.8 Å². The Kier molecular flexibility index (Phi) is 4.99. The minimum Gasteiger partial charge on any atom is -0.363 e. The summed E-state index contributed by atoms with van der Waals surface area (Å²) in [5.74, 6) is 0.379. The van der Waals surface area contributed by atoms with Crippen LogP contribution in [0.1, 0.15) is 6.42 Å². The Balaban J connectivity index is 1.91. The molecule has 4 nitrogen and oxygen atoms in total. The second-order valence-corrected chi connectivity index (χ2v) is 7.60. The van der Waals surface area contributed by atoms with Gasteiger partial charge in [-0.3, -0.25) is 0 Å². The fourth-order valence-electron chi connectivity index (χ4n) is 2.76. The van der Waals surface area contributed by atoms with E-state index in [0.29, 0.717) is 28.8 Å². The van der Waals surface area contributed by atoms with Gasteiger partial charge >= 0.3 is 5.51 Å². The zero-order valence-corrected chi connectivity index (χ0v) is 15.1. The van der Waals surface area contributed by atoms with Gasteiger partial charge in [-0.05, 0) is 35.5 Å². The molecule has 1 saturated heterocycles. The molecule has 10 heteroatoms. The number of hydrogen-bond acceptors (Lipinski definition) is 4. The summed E-state index contributed by atoms with van der Waals surface area (Å²) in [6.45, 7) is 1.07. The first-order chi connectivity index (χ1) is 11.2. The van der Waals surface area contributed by atoms with Crippen molar-refractivity contribution in [3.8, 4) is 0 Å². The van der Waals surface area contributed by atoms with Gasteiger partial charge in [0.2, 0.25) is 0 Å². The first-order valence-electron chi connectivity index (χ1n) is 7.25. The lowest BCUT2D eigenvalue weighted by Gasteiger charge is -2.33. The fraction of sp³-hybridized carbons (Fsp3) is 0.500. The number of rotatable bonds is 3. The number of alkyl halides is 4. The number of likely N-dealkylation sites (tertiary alicyclic amines) is 1. The highest BCUT2D eigenvalue weighted by Crippen LogP contribution is 2.42. The van der Waals surface area contributed by atoms with E-state index in [1.54, 1.807) is 6.07 Å². The van der Waals surface area contributed by atoms with Crippen LogP contribution < -0.4 is 5.32 Å². The summed E-state index contributed by atoms with van der Waals surface area (Å²) in [6, 6.07) is 1.15. The maximum absolute atomic E-state index is 14.2. The second kappa shape index (κ2) is 6.72. The topological polar surface area (TPSA) is 32.6 Å². The van der Waals surface area contributed by atoms with Gasteiger partial charge in [-0.2, -0.15) is 13.2 Å². The molecule has 3 rings (SSSR count). The Morgan fingerprint density at radius 2 is 2.17 bits per heavy atom. The van der Waals surface area contributed by atoms with Crippen LogP contribution in [-0.2, 0) is 0 Å². The molecule has 0 bridgehead atoms. The summed E-state index contributed by atoms with van der Waals surface area (Å²) >= 11 is 2.96. The second-order valence-electron chi connectivity index (χ2n) is 5.69. The quantitative estimate of drug-likeness (QED) is 0.589. The van der Waals surface area contributed by atoms with Gasteiger partial charge < -0.3 is 14.6 Å². The lowest BCUT2D eigenvalue weighted by molar-refractivity contribution is -0.0330. The van der Waals surface area contributed by atoms with E-state index in [0.717, 1.165) is 6.54 Å². The van der Waals surface area contributed by atoms with Gasteiger partial charge in [0.25, 0.3) is 0 Å². The van der Waals surface area contributed by atoms with Crippen molar-refractivity contribution in [3.63, 3.8) is 0 Å². The summed E-state index contributed by atoms with van der Waals surface area (Å²) in [5.41, 5.74) is -3.92. The average Bonchev–Trinajstić information content (AvgIpc) is 2.78. The Morgan fingerprint density at radius 1 is 1.42 bits per heavy atom. The maximum Gasteiger partial charge on any atom is 0.447 e. The van der Waals surface area contributed by atoms with E-state index in [2.05, 4.69) is 26.2 Å². The molecule has 1 fully saturated rings. The molecule has 2 aromatic heterocycles. The van der Waals surface area contributed by atoms with Crippen molar-refractivity contribution in [2.75, 3.05) is 25.5 Å². The molecule has 1 aliphatic rings. The Morgan fingerprint density at radius 3 is 2.83 bits per heavy atom. The standard InChI is InChI=1S/C14H15BrF4N4S/c1-22-4-2-10(9(16)7-22)21-12-11-6-8(15)13(24-14(17,18)19)23(11)5-3-20-12/h3,5-6,9-10H,2,4,7H2,1H3,(H,20,21)/t9-,10+/m0/s1. The largest absolute Gasteiger partial charge is 0.447 e. The van der Waals surface area contributed by atoms with Gasteiger partial charge in [0.1, 0.15) is 11.2 Å². The molecule has 0 saturated carbocycles. The summed E-state index contributed by atoms with van der Waals surface area (Å²) in [7, 11) is 1.85. The van der Waals surface area contributed by atoms with E-state index in [9.17, 15) is 17.6 Å². The SMILES string of the molecule is CN1CC[C@@H](Nc2nccn3c(SC(F)(F)F)c(Br)cc23)[C@@H](F)C1. The van der Waals surface area contributed by atoms with E-state index in [1.807, 2.05) is 11.9 Å². The molecule has 3 heterocycles. The molecule has 0 radical (unpaired) electrons. The van der Waals surface area contributed by atoms with E-state index >= 15 is 0 Å². The number of fused-ring (bicyclic) bond motifs is 1. The zero-order valence-electron chi connectivity index (χ0n) is 12.6. The molecule has 0 spiro atoms. The molecular weight excluding hydrogens is 412 g/mol. The molecule has 1 N–H and O–H groups in total. The van der Waals surface area contributed by atoms with Crippen LogP contribution in [-0.4, -0.2) is 52.1 Å². The Labute approximate surface area is 148 Å². The lowest BCUT2D eigenvalue weighted by atomic mass is 10.0. The van der Waals surface area contributed by atoms with Crippen LogP contribution >= 0.6 is 27.7 Å². The molecule has 1 aliphatic heterocycles. The Hall–Kier alpha value is -1.00. The highest BCUT2D eigenvalue weighted by Gasteiger charge is 2.33. The highest BCUT2D eigenvalue weighted by molar-refractivity contribution is 9.10. The van der Waals surface area contributed by atoms with Gasteiger partial charge in [-0.1, -0.05) is 0 Å². The van der Waals surface area contributed by atoms with Crippen molar-refractivity contribution in [1.82, 2.24) is 14.3 Å². The monoisotopic (exact) mass is 426 g/mol. The van der Waals surface area contributed by atoms with Crippen LogP contribution in [0.5, 0.6) is 0 Å². The Bertz CT molecular complexity index is 735. The number of hydrogen-bond donors (Lipinski definition) is 1. The van der Waals surface area contributed by atoms with Crippen molar-refractivity contribution in [3.05, 3.63) is 22.9 Å². The third-order valence-corrected chi connectivity index (χ3v) is 5.60. The molecule has 132 valence electrons. The summed E-state index contributed by atoms with van der Waals surface area (Å²) in [6.07, 6.45) is 2.41. The minimum absolute atomic E-state index is 0.0168. The van der Waals surface area contributed by atoms with E-state index < -0.39 is 17.7 Å². The molecule has 0 unspecified atom stereocenters. The molecule has 24 heavy (non-hydrogen) atoms. The smallest absolute Gasteiger partial charge is 0.363 e. The summed E-state index contributed by atoms with van der Waals surface area (Å²) in [4.78, 5) is 6.09. The molecule has 0 amide bonds. The number of aromatic nitrogens is 2. The van der Waals surface area contributed by atoms with Crippen molar-refractivity contribution in [2.24, 2.45) is 0 Å². The van der Waals surface area contributed by atoms with Crippen LogP contribution in [0.4, 0.5) is 23.4 Å². The number of halogens is 5. The third-order valence-electron chi connectivity index (χ3n) is 3.89. The molecule has 0 aromatic carbocycles. The first kappa shape index (κ1) is 17.8. The average molecular weight is 427 g/mol. The fourth-order valence-corrected chi connectivity index (χ4v) is 4.04. The number of piperidine rings is 1. The predicted molar refractivity (Wildman–Crippen MR) is 89.2 cm³/mol. The van der Waals surface area contributed by atoms with Crippen LogP contribution in [0, 0.1) is 0 Å². The van der Waals surface area contributed by atoms with Gasteiger partial charge in [0, 0.05) is 37.2 Å². The van der Waals surface area contributed by atoms with Gasteiger partial charge in [-0.25, -0.2) is 9.37 Å². The van der Waals surface area contributed by atoms with Crippen LogP contribution in [0.3, 0.4) is 0 Å². The van der Waals surface area contributed by atoms with Crippen LogP contribution in [0.2, 0.25) is 0 Å². The van der Waals surface area contributed by atoms with Crippen molar-refractivity contribution >= 4 is 39.0 Å². The summed E-state index contributed by atoms with van der Waals surface area (Å²) in [5, 5.41) is 3.07. The lowest BCUT2D eigenvalue weighted by Crippen LogP contribution is -2.46. The maximum atomic E-state index is 14.2. The summed E-state index contributed by atoms with van der Waals surface area (Å²) < 4.78 is 54.1. The van der Waals surface area contributed by atoms with Gasteiger partial charge in [-0.15, -0.1) is 0 Å². The van der Waals surface area contributed by atoms with E-state index in [1.165, 1.54) is 16.8 Å². The molecule has 0 aliphatic carbocycles. The third kappa shape index (κ3) is 3.80. The van der Waals surface area contributed by atoms with Crippen LogP contribution in [0.25, 0.3) is 5.52 Å². The normalized spacial score (nSPS) is 22.9. The van der Waals surface area contributed by atoms with Crippen molar-refractivity contribution in [2.45, 2.75) is 29.2 Å². The minimum atomic E-state index is -4.40. The first-order valence-corrected chi connectivity index (χ1v) is 8.86. The van der Waals surface area contributed by atoms with Crippen molar-refractivity contribution in [1.29, 1.82) is 0 Å². The number of anilines is 1. The number of nitrogens with one attached hydrogen (secondary N) is 1.